The van der Waals surface area contributed by atoms with Crippen LogP contribution in [0.25, 0.3) is 11.0 Å². The highest BCUT2D eigenvalue weighted by Gasteiger charge is 2.25. The number of aromatic nitrogens is 2. The van der Waals surface area contributed by atoms with Crippen molar-refractivity contribution in [1.29, 1.82) is 0 Å². The molecule has 1 amide bonds. The Labute approximate surface area is 283 Å². The van der Waals surface area contributed by atoms with Crippen LogP contribution in [0.3, 0.4) is 0 Å². The molecule has 0 radical (unpaired) electrons. The van der Waals surface area contributed by atoms with Crippen LogP contribution in [0.1, 0.15) is 40.2 Å². The molecule has 3 aromatic carbocycles. The molecule has 1 aliphatic rings. The van der Waals surface area contributed by atoms with Crippen LogP contribution in [0.15, 0.2) is 60.7 Å². The van der Waals surface area contributed by atoms with Crippen molar-refractivity contribution in [2.45, 2.75) is 32.2 Å². The molecule has 12 heteroatoms. The van der Waals surface area contributed by atoms with E-state index in [0.717, 1.165) is 62.5 Å². The Morgan fingerprint density at radius 1 is 0.917 bits per heavy atom. The van der Waals surface area contributed by atoms with E-state index in [1.54, 1.807) is 20.3 Å². The number of rotatable bonds is 14. The summed E-state index contributed by atoms with van der Waals surface area (Å²) in [5.41, 5.74) is 4.16. The van der Waals surface area contributed by atoms with E-state index in [-0.39, 0.29) is 17.6 Å². The van der Waals surface area contributed by atoms with E-state index in [4.69, 9.17) is 19.2 Å². The number of ether oxygens (including phenoxy) is 3. The summed E-state index contributed by atoms with van der Waals surface area (Å²) in [6.07, 6.45) is 3.10. The number of methoxy groups -OCH3 is 3. The van der Waals surface area contributed by atoms with Crippen molar-refractivity contribution in [3.05, 3.63) is 77.4 Å². The fourth-order valence-electron chi connectivity index (χ4n) is 6.47. The fourth-order valence-corrected chi connectivity index (χ4v) is 6.99. The summed E-state index contributed by atoms with van der Waals surface area (Å²) in [5, 5.41) is 3.18. The van der Waals surface area contributed by atoms with Crippen molar-refractivity contribution < 1.29 is 27.4 Å². The van der Waals surface area contributed by atoms with E-state index in [2.05, 4.69) is 31.8 Å². The molecule has 1 aliphatic heterocycles. The SMILES string of the molecule is COc1cc(C(=O)NCC(CCN2CCCN(c3nc4ccccc4n3CCS(C)(=O)=O)CC2)c2ccccc2)c(C)c(OC)c1OC. The number of hydrogen-bond donors (Lipinski definition) is 1. The van der Waals surface area contributed by atoms with Gasteiger partial charge in [0, 0.05) is 56.0 Å². The van der Waals surface area contributed by atoms with Crippen molar-refractivity contribution in [2.75, 3.05) is 77.5 Å². The summed E-state index contributed by atoms with van der Waals surface area (Å²) in [4.78, 5) is 23.2. The van der Waals surface area contributed by atoms with Crippen LogP contribution in [0.5, 0.6) is 17.2 Å². The third kappa shape index (κ3) is 8.22. The molecule has 11 nitrogen and oxygen atoms in total. The van der Waals surface area contributed by atoms with Crippen LogP contribution in [0, 0.1) is 6.92 Å². The first-order valence-corrected chi connectivity index (χ1v) is 18.4. The molecule has 1 fully saturated rings. The molecule has 1 unspecified atom stereocenters. The van der Waals surface area contributed by atoms with Gasteiger partial charge in [0.05, 0.1) is 38.1 Å². The maximum absolute atomic E-state index is 13.5. The molecule has 258 valence electrons. The first kappa shape index (κ1) is 35.0. The summed E-state index contributed by atoms with van der Waals surface area (Å²) < 4.78 is 42.7. The second-order valence-electron chi connectivity index (χ2n) is 12.3. The van der Waals surface area contributed by atoms with Gasteiger partial charge in [-0.2, -0.15) is 0 Å². The Morgan fingerprint density at radius 3 is 2.35 bits per heavy atom. The second kappa shape index (κ2) is 15.7. The highest BCUT2D eigenvalue weighted by molar-refractivity contribution is 7.90. The van der Waals surface area contributed by atoms with Gasteiger partial charge in [-0.25, -0.2) is 13.4 Å². The lowest BCUT2D eigenvalue weighted by Gasteiger charge is -2.25. The van der Waals surface area contributed by atoms with E-state index in [0.29, 0.717) is 41.5 Å². The molecule has 1 atom stereocenters. The van der Waals surface area contributed by atoms with Gasteiger partial charge >= 0.3 is 0 Å². The number of amides is 1. The Bertz CT molecular complexity index is 1810. The third-order valence-corrected chi connectivity index (χ3v) is 10.0. The first-order chi connectivity index (χ1) is 23.1. The van der Waals surface area contributed by atoms with Crippen molar-refractivity contribution >= 4 is 32.7 Å². The summed E-state index contributed by atoms with van der Waals surface area (Å²) in [7, 11) is 1.51. The quantitative estimate of drug-likeness (QED) is 0.206. The predicted molar refractivity (Wildman–Crippen MR) is 190 cm³/mol. The minimum Gasteiger partial charge on any atom is -0.493 e. The van der Waals surface area contributed by atoms with Gasteiger partial charge < -0.3 is 33.9 Å². The summed E-state index contributed by atoms with van der Waals surface area (Å²) in [6.45, 7) is 6.98. The number of anilines is 1. The molecule has 0 aliphatic carbocycles. The number of nitrogens with one attached hydrogen (secondary N) is 1. The number of imidazole rings is 1. The normalized spacial score (nSPS) is 14.8. The van der Waals surface area contributed by atoms with E-state index in [1.165, 1.54) is 18.9 Å². The smallest absolute Gasteiger partial charge is 0.251 e. The van der Waals surface area contributed by atoms with Gasteiger partial charge in [-0.05, 0) is 56.6 Å². The second-order valence-corrected chi connectivity index (χ2v) is 14.5. The molecule has 0 bridgehead atoms. The van der Waals surface area contributed by atoms with Gasteiger partial charge in [0.1, 0.15) is 9.84 Å². The minimum absolute atomic E-state index is 0.0663. The molecule has 1 N–H and O–H groups in total. The summed E-state index contributed by atoms with van der Waals surface area (Å²) in [5.74, 6) is 2.17. The number of carbonyl (C=O) groups excluding carboxylic acids is 1. The van der Waals surface area contributed by atoms with E-state index >= 15 is 0 Å². The van der Waals surface area contributed by atoms with Crippen LogP contribution < -0.4 is 24.4 Å². The number of benzene rings is 3. The maximum atomic E-state index is 13.5. The molecule has 2 heterocycles. The summed E-state index contributed by atoms with van der Waals surface area (Å²) >= 11 is 0. The van der Waals surface area contributed by atoms with Gasteiger partial charge in [0.15, 0.2) is 11.5 Å². The highest BCUT2D eigenvalue weighted by Crippen LogP contribution is 2.41. The zero-order valence-corrected chi connectivity index (χ0v) is 29.4. The molecule has 1 aromatic heterocycles. The zero-order chi connectivity index (χ0) is 34.3. The molecule has 0 spiro atoms. The van der Waals surface area contributed by atoms with E-state index in [9.17, 15) is 13.2 Å². The summed E-state index contributed by atoms with van der Waals surface area (Å²) in [6, 6.07) is 19.9. The maximum Gasteiger partial charge on any atom is 0.251 e. The number of carbonyl (C=O) groups is 1. The molecule has 48 heavy (non-hydrogen) atoms. The topological polar surface area (TPSA) is 115 Å². The van der Waals surface area contributed by atoms with Crippen molar-refractivity contribution in [3.8, 4) is 17.2 Å². The van der Waals surface area contributed by atoms with Crippen LogP contribution in [-0.4, -0.2) is 101 Å². The first-order valence-electron chi connectivity index (χ1n) is 16.4. The molecule has 1 saturated heterocycles. The van der Waals surface area contributed by atoms with Crippen LogP contribution in [0.4, 0.5) is 5.95 Å². The Morgan fingerprint density at radius 2 is 1.65 bits per heavy atom. The third-order valence-electron chi connectivity index (χ3n) is 9.09. The number of para-hydroxylation sites is 2. The highest BCUT2D eigenvalue weighted by atomic mass is 32.2. The number of sulfone groups is 1. The molecular weight excluding hydrogens is 630 g/mol. The van der Waals surface area contributed by atoms with Gasteiger partial charge in [-0.1, -0.05) is 42.5 Å². The van der Waals surface area contributed by atoms with Gasteiger partial charge in [0.25, 0.3) is 5.91 Å². The fraction of sp³-hybridized carbons (Fsp3) is 0.444. The van der Waals surface area contributed by atoms with Crippen molar-refractivity contribution in [3.63, 3.8) is 0 Å². The van der Waals surface area contributed by atoms with E-state index < -0.39 is 9.84 Å². The number of aryl methyl sites for hydroxylation is 1. The van der Waals surface area contributed by atoms with Crippen LogP contribution >= 0.6 is 0 Å². The van der Waals surface area contributed by atoms with Gasteiger partial charge in [-0.3, -0.25) is 4.79 Å². The van der Waals surface area contributed by atoms with Crippen LogP contribution in [-0.2, 0) is 16.4 Å². The van der Waals surface area contributed by atoms with Crippen molar-refractivity contribution in [2.24, 2.45) is 0 Å². The van der Waals surface area contributed by atoms with Crippen molar-refractivity contribution in [1.82, 2.24) is 19.8 Å². The number of hydrogen-bond acceptors (Lipinski definition) is 9. The van der Waals surface area contributed by atoms with Crippen LogP contribution in [0.2, 0.25) is 0 Å². The minimum atomic E-state index is -3.13. The lowest BCUT2D eigenvalue weighted by atomic mass is 9.95. The number of nitrogens with zero attached hydrogens (tertiary/aromatic N) is 4. The predicted octanol–water partition coefficient (Wildman–Crippen LogP) is 4.53. The molecule has 4 aromatic rings. The standard InChI is InChI=1S/C36H47N5O6S/c1-26-29(24-32(45-2)34(47-4)33(26)46-3)35(42)37-25-28(27-12-7-6-8-13-27)16-19-39-17-11-18-40(21-20-39)36-38-30-14-9-10-15-31(30)41(36)22-23-48(5,43)44/h6-10,12-15,24,28H,11,16-23,25H2,1-5H3,(H,37,42). The number of fused-ring (bicyclic) bond motifs is 1. The largest absolute Gasteiger partial charge is 0.493 e. The zero-order valence-electron chi connectivity index (χ0n) is 28.6. The Balaban J connectivity index is 1.26. The Hall–Kier alpha value is -4.29. The average molecular weight is 678 g/mol. The van der Waals surface area contributed by atoms with Gasteiger partial charge in [0.2, 0.25) is 11.7 Å². The lowest BCUT2D eigenvalue weighted by molar-refractivity contribution is 0.0948. The monoisotopic (exact) mass is 677 g/mol. The molecule has 0 saturated carbocycles. The average Bonchev–Trinajstić information content (AvgIpc) is 3.29. The lowest BCUT2D eigenvalue weighted by Crippen LogP contribution is -2.34. The Kier molecular flexibility index (Phi) is 11.5. The molecular formula is C36H47N5O6S. The van der Waals surface area contributed by atoms with Gasteiger partial charge in [-0.15, -0.1) is 0 Å². The molecule has 5 rings (SSSR count). The van der Waals surface area contributed by atoms with E-state index in [1.807, 2.05) is 49.4 Å².